The van der Waals surface area contributed by atoms with E-state index in [0.29, 0.717) is 6.61 Å². The normalized spacial score (nSPS) is 10.4. The molecule has 0 saturated carbocycles. The number of carbonyl (C=O) groups is 1. The summed E-state index contributed by atoms with van der Waals surface area (Å²) in [5.74, 6) is 0. The highest BCUT2D eigenvalue weighted by molar-refractivity contribution is 5.97. The van der Waals surface area contributed by atoms with Crippen LogP contribution in [0.25, 0.3) is 0 Å². The standard InChI is InChI=1S/C20H25NO2/c1-5-10-17-13-15(3)19(16(4)14-17)21(20(22)23-6-2)18-11-8-7-9-12-18/h7-9,11-14H,5-6,10H2,1-4H3. The predicted molar refractivity (Wildman–Crippen MR) is 95.5 cm³/mol. The molecule has 0 atom stereocenters. The maximum atomic E-state index is 12.6. The number of amides is 1. The molecule has 0 aliphatic rings. The van der Waals surface area contributed by atoms with Crippen molar-refractivity contribution in [1.82, 2.24) is 0 Å². The molecule has 2 rings (SSSR count). The van der Waals surface area contributed by atoms with Gasteiger partial charge in [0.15, 0.2) is 0 Å². The Morgan fingerprint density at radius 2 is 1.65 bits per heavy atom. The molecule has 1 amide bonds. The van der Waals surface area contributed by atoms with E-state index in [2.05, 4.69) is 32.9 Å². The zero-order valence-corrected chi connectivity index (χ0v) is 14.4. The van der Waals surface area contributed by atoms with Gasteiger partial charge < -0.3 is 4.74 Å². The van der Waals surface area contributed by atoms with Crippen molar-refractivity contribution in [3.63, 3.8) is 0 Å². The highest BCUT2D eigenvalue weighted by Gasteiger charge is 2.22. The Labute approximate surface area is 138 Å². The minimum absolute atomic E-state index is 0.340. The largest absolute Gasteiger partial charge is 0.449 e. The topological polar surface area (TPSA) is 29.5 Å². The quantitative estimate of drug-likeness (QED) is 0.724. The van der Waals surface area contributed by atoms with Gasteiger partial charge in [-0.15, -0.1) is 0 Å². The van der Waals surface area contributed by atoms with E-state index in [1.165, 1.54) is 5.56 Å². The van der Waals surface area contributed by atoms with Crippen molar-refractivity contribution in [3.05, 3.63) is 59.2 Å². The second-order valence-corrected chi connectivity index (χ2v) is 5.70. The highest BCUT2D eigenvalue weighted by Crippen LogP contribution is 2.33. The number of ether oxygens (including phenoxy) is 1. The summed E-state index contributed by atoms with van der Waals surface area (Å²) in [6.07, 6.45) is 1.82. The van der Waals surface area contributed by atoms with Gasteiger partial charge in [0.25, 0.3) is 0 Å². The number of para-hydroxylation sites is 1. The molecule has 0 saturated heterocycles. The Bertz CT molecular complexity index is 642. The van der Waals surface area contributed by atoms with Crippen LogP contribution in [0.2, 0.25) is 0 Å². The van der Waals surface area contributed by atoms with Crippen molar-refractivity contribution in [2.24, 2.45) is 0 Å². The van der Waals surface area contributed by atoms with Crippen molar-refractivity contribution < 1.29 is 9.53 Å². The van der Waals surface area contributed by atoms with Crippen LogP contribution in [-0.4, -0.2) is 12.7 Å². The minimum atomic E-state index is -0.340. The average Bonchev–Trinajstić information content (AvgIpc) is 2.52. The van der Waals surface area contributed by atoms with Crippen molar-refractivity contribution in [2.75, 3.05) is 11.5 Å². The van der Waals surface area contributed by atoms with Gasteiger partial charge in [0, 0.05) is 0 Å². The first-order valence-corrected chi connectivity index (χ1v) is 8.20. The Kier molecular flexibility index (Phi) is 5.80. The lowest BCUT2D eigenvalue weighted by Crippen LogP contribution is -2.28. The number of benzene rings is 2. The summed E-state index contributed by atoms with van der Waals surface area (Å²) in [5.41, 5.74) is 5.22. The number of anilines is 2. The van der Waals surface area contributed by atoms with Gasteiger partial charge >= 0.3 is 6.09 Å². The van der Waals surface area contributed by atoms with Crippen molar-refractivity contribution >= 4 is 17.5 Å². The highest BCUT2D eigenvalue weighted by atomic mass is 16.6. The van der Waals surface area contributed by atoms with Crippen LogP contribution >= 0.6 is 0 Å². The molecule has 0 radical (unpaired) electrons. The molecule has 0 N–H and O–H groups in total. The van der Waals surface area contributed by atoms with Crippen LogP contribution in [0.3, 0.4) is 0 Å². The van der Waals surface area contributed by atoms with Gasteiger partial charge in [0.2, 0.25) is 0 Å². The van der Waals surface area contributed by atoms with E-state index in [1.54, 1.807) is 4.90 Å². The van der Waals surface area contributed by atoms with Gasteiger partial charge in [-0.1, -0.05) is 43.7 Å². The summed E-state index contributed by atoms with van der Waals surface area (Å²) in [6, 6.07) is 14.0. The van der Waals surface area contributed by atoms with Crippen LogP contribution < -0.4 is 4.90 Å². The molecule has 2 aromatic carbocycles. The number of hydrogen-bond acceptors (Lipinski definition) is 2. The smallest absolute Gasteiger partial charge is 0.418 e. The van der Waals surface area contributed by atoms with Crippen molar-refractivity contribution in [3.8, 4) is 0 Å². The summed E-state index contributed by atoms with van der Waals surface area (Å²) < 4.78 is 5.29. The first-order chi connectivity index (χ1) is 11.1. The maximum absolute atomic E-state index is 12.6. The molecule has 0 unspecified atom stereocenters. The number of aryl methyl sites for hydroxylation is 3. The molecule has 0 spiro atoms. The number of hydrogen-bond donors (Lipinski definition) is 0. The third-order valence-corrected chi connectivity index (χ3v) is 3.78. The molecular formula is C20H25NO2. The van der Waals surface area contributed by atoms with Crippen LogP contribution in [0.4, 0.5) is 16.2 Å². The number of carbonyl (C=O) groups excluding carboxylic acids is 1. The fraction of sp³-hybridized carbons (Fsp3) is 0.350. The van der Waals surface area contributed by atoms with Crippen molar-refractivity contribution in [2.45, 2.75) is 40.5 Å². The molecule has 0 aliphatic carbocycles. The molecule has 0 fully saturated rings. The van der Waals surface area contributed by atoms with E-state index in [4.69, 9.17) is 4.74 Å². The zero-order valence-electron chi connectivity index (χ0n) is 14.4. The lowest BCUT2D eigenvalue weighted by molar-refractivity contribution is 0.162. The SMILES string of the molecule is CCCc1cc(C)c(N(C(=O)OCC)c2ccccc2)c(C)c1. The van der Waals surface area contributed by atoms with E-state index in [0.717, 1.165) is 35.3 Å². The first-order valence-electron chi connectivity index (χ1n) is 8.20. The number of rotatable bonds is 5. The summed E-state index contributed by atoms with van der Waals surface area (Å²) in [4.78, 5) is 14.2. The van der Waals surface area contributed by atoms with Crippen LogP contribution in [0, 0.1) is 13.8 Å². The van der Waals surface area contributed by atoms with Crippen LogP contribution in [-0.2, 0) is 11.2 Å². The fourth-order valence-corrected chi connectivity index (χ4v) is 2.92. The monoisotopic (exact) mass is 311 g/mol. The molecule has 3 heteroatoms. The number of nitrogens with zero attached hydrogens (tertiary/aromatic N) is 1. The van der Waals surface area contributed by atoms with E-state index in [9.17, 15) is 4.79 Å². The van der Waals surface area contributed by atoms with Gasteiger partial charge in [-0.25, -0.2) is 9.69 Å². The molecule has 0 bridgehead atoms. The second kappa shape index (κ2) is 7.82. The average molecular weight is 311 g/mol. The maximum Gasteiger partial charge on any atom is 0.418 e. The zero-order chi connectivity index (χ0) is 16.8. The molecule has 3 nitrogen and oxygen atoms in total. The van der Waals surface area contributed by atoms with Crippen LogP contribution in [0.1, 0.15) is 37.0 Å². The Morgan fingerprint density at radius 3 is 2.17 bits per heavy atom. The molecular weight excluding hydrogens is 286 g/mol. The van der Waals surface area contributed by atoms with E-state index >= 15 is 0 Å². The second-order valence-electron chi connectivity index (χ2n) is 5.70. The summed E-state index contributed by atoms with van der Waals surface area (Å²) >= 11 is 0. The molecule has 0 heterocycles. The third-order valence-electron chi connectivity index (χ3n) is 3.78. The molecule has 122 valence electrons. The lowest BCUT2D eigenvalue weighted by atomic mass is 10.0. The summed E-state index contributed by atoms with van der Waals surface area (Å²) in [5, 5.41) is 0. The Balaban J connectivity index is 2.54. The summed E-state index contributed by atoms with van der Waals surface area (Å²) in [7, 11) is 0. The summed E-state index contributed by atoms with van der Waals surface area (Å²) in [6.45, 7) is 8.46. The van der Waals surface area contributed by atoms with Gasteiger partial charge in [-0.3, -0.25) is 0 Å². The van der Waals surface area contributed by atoms with E-state index in [1.807, 2.05) is 37.3 Å². The Hall–Kier alpha value is -2.29. The van der Waals surface area contributed by atoms with Crippen LogP contribution in [0.5, 0.6) is 0 Å². The predicted octanol–water partition coefficient (Wildman–Crippen LogP) is 5.55. The minimum Gasteiger partial charge on any atom is -0.449 e. The van der Waals surface area contributed by atoms with Gasteiger partial charge in [0.05, 0.1) is 18.0 Å². The van der Waals surface area contributed by atoms with Gasteiger partial charge in [-0.2, -0.15) is 0 Å². The van der Waals surface area contributed by atoms with E-state index in [-0.39, 0.29) is 6.09 Å². The molecule has 23 heavy (non-hydrogen) atoms. The van der Waals surface area contributed by atoms with Crippen molar-refractivity contribution in [1.29, 1.82) is 0 Å². The van der Waals surface area contributed by atoms with Gasteiger partial charge in [0.1, 0.15) is 0 Å². The van der Waals surface area contributed by atoms with Crippen LogP contribution in [0.15, 0.2) is 42.5 Å². The van der Waals surface area contributed by atoms with Gasteiger partial charge in [-0.05, 0) is 56.0 Å². The lowest BCUT2D eigenvalue weighted by Gasteiger charge is -2.26. The third kappa shape index (κ3) is 3.92. The fourth-order valence-electron chi connectivity index (χ4n) is 2.92. The van der Waals surface area contributed by atoms with E-state index < -0.39 is 0 Å². The molecule has 0 aromatic heterocycles. The molecule has 2 aromatic rings. The first kappa shape index (κ1) is 17.1. The molecule has 0 aliphatic heterocycles. The Morgan fingerprint density at radius 1 is 1.04 bits per heavy atom.